The first kappa shape index (κ1) is 42.7. The van der Waals surface area contributed by atoms with E-state index in [2.05, 4.69) is 10.6 Å². The molecule has 3 rings (SSSR count). The molecular formula is C38H47N3O13. The monoisotopic (exact) mass is 753 g/mol. The first-order valence-electron chi connectivity index (χ1n) is 16.7. The number of hydrogen-bond donors (Lipinski definition) is 7. The molecule has 292 valence electrons. The number of carbonyl (C=O) groups is 4. The van der Waals surface area contributed by atoms with Gasteiger partial charge >= 0.3 is 18.2 Å². The van der Waals surface area contributed by atoms with Crippen LogP contribution >= 0.6 is 0 Å². The smallest absolute Gasteiger partial charge is 0.412 e. The Bertz CT molecular complexity index is 1800. The lowest BCUT2D eigenvalue weighted by Crippen LogP contribution is -2.38. The van der Waals surface area contributed by atoms with Crippen molar-refractivity contribution in [3.8, 4) is 17.2 Å². The van der Waals surface area contributed by atoms with E-state index in [0.717, 1.165) is 6.07 Å². The third kappa shape index (κ3) is 11.9. The van der Waals surface area contributed by atoms with Gasteiger partial charge in [-0.25, -0.2) is 9.59 Å². The molecule has 0 saturated heterocycles. The van der Waals surface area contributed by atoms with Crippen LogP contribution in [0.1, 0.15) is 45.2 Å². The van der Waals surface area contributed by atoms with Gasteiger partial charge in [0.25, 0.3) is 5.91 Å². The molecule has 16 heteroatoms. The molecule has 2 aromatic carbocycles. The number of allylic oxidation sites excluding steroid dienone is 2. The zero-order valence-corrected chi connectivity index (χ0v) is 30.8. The van der Waals surface area contributed by atoms with Crippen LogP contribution in [0, 0.1) is 5.92 Å². The van der Waals surface area contributed by atoms with Crippen LogP contribution < -0.4 is 21.1 Å². The number of phenols is 2. The molecule has 3 amide bonds. The number of aromatic hydroxyl groups is 2. The average Bonchev–Trinajstić information content (AvgIpc) is 3.12. The van der Waals surface area contributed by atoms with Crippen LogP contribution in [0.4, 0.5) is 21.0 Å². The van der Waals surface area contributed by atoms with E-state index in [4.69, 9.17) is 29.4 Å². The number of aliphatic hydroxyl groups is 2. The second kappa shape index (κ2) is 20.0. The number of aliphatic hydroxyl groups excluding tert-OH is 2. The molecule has 0 aliphatic carbocycles. The number of anilines is 2. The summed E-state index contributed by atoms with van der Waals surface area (Å²) in [5.41, 5.74) is 6.17. The quantitative estimate of drug-likeness (QED) is 0.0649. The van der Waals surface area contributed by atoms with Crippen LogP contribution in [0.15, 0.2) is 71.4 Å². The summed E-state index contributed by atoms with van der Waals surface area (Å²) >= 11 is 0. The first-order valence-corrected chi connectivity index (χ1v) is 16.7. The summed E-state index contributed by atoms with van der Waals surface area (Å²) in [6, 6.07) is 7.28. The van der Waals surface area contributed by atoms with Crippen molar-refractivity contribution < 1.29 is 63.3 Å². The number of benzene rings is 2. The number of nitrogens with one attached hydrogen (secondary N) is 2. The third-order valence-electron chi connectivity index (χ3n) is 8.33. The molecule has 0 unspecified atom stereocenters. The van der Waals surface area contributed by atoms with Gasteiger partial charge in [-0.3, -0.25) is 14.9 Å². The lowest BCUT2D eigenvalue weighted by Gasteiger charge is -2.29. The van der Waals surface area contributed by atoms with Crippen LogP contribution in [-0.2, 0) is 35.1 Å². The summed E-state index contributed by atoms with van der Waals surface area (Å²) < 4.78 is 26.8. The van der Waals surface area contributed by atoms with Gasteiger partial charge in [-0.1, -0.05) is 48.9 Å². The maximum Gasteiger partial charge on any atom is 0.412 e. The SMILES string of the molecule is CO[C@H]1C=CC=C(C)C(=O)Nc2cc(O)c(NC(=O)OCc3ccc(OC(C)=O)cc3)c(c2O)C=C(C)C[C@H](OC)[C@H](O)[C@@H](C)C=C(CO)[C@@H]1OC(N)=O. The third-order valence-corrected chi connectivity index (χ3v) is 8.33. The molecule has 0 spiro atoms. The van der Waals surface area contributed by atoms with Gasteiger partial charge in [-0.2, -0.15) is 0 Å². The van der Waals surface area contributed by atoms with E-state index in [1.807, 2.05) is 0 Å². The van der Waals surface area contributed by atoms with E-state index in [9.17, 15) is 39.6 Å². The number of esters is 1. The van der Waals surface area contributed by atoms with Crippen LogP contribution in [0.2, 0.25) is 0 Å². The average molecular weight is 754 g/mol. The van der Waals surface area contributed by atoms with Crippen molar-refractivity contribution in [2.75, 3.05) is 31.5 Å². The Morgan fingerprint density at radius 3 is 2.35 bits per heavy atom. The number of rotatable bonds is 8. The van der Waals surface area contributed by atoms with Gasteiger partial charge in [0.1, 0.15) is 30.0 Å². The molecule has 0 saturated carbocycles. The molecule has 0 aromatic heterocycles. The van der Waals surface area contributed by atoms with Crippen molar-refractivity contribution in [1.82, 2.24) is 0 Å². The number of amides is 3. The van der Waals surface area contributed by atoms with Gasteiger partial charge in [0.2, 0.25) is 0 Å². The maximum absolute atomic E-state index is 13.2. The fourth-order valence-corrected chi connectivity index (χ4v) is 5.52. The summed E-state index contributed by atoms with van der Waals surface area (Å²) in [6.45, 7) is 5.27. The van der Waals surface area contributed by atoms with Crippen LogP contribution in [-0.4, -0.2) is 89.7 Å². The highest BCUT2D eigenvalue weighted by Crippen LogP contribution is 2.42. The summed E-state index contributed by atoms with van der Waals surface area (Å²) in [5.74, 6) is -2.59. The second-order valence-electron chi connectivity index (χ2n) is 12.5. The predicted molar refractivity (Wildman–Crippen MR) is 198 cm³/mol. The molecule has 5 atom stereocenters. The standard InChI is InChI=1S/C38H47N3O13/c1-20-14-27-32(41-38(49)52-19-24-10-12-26(13-11-24)53-23(4)43)29(44)17-28(34(27)46)40-36(47)21(2)8-7-9-30(50-5)35(54-37(39)48)25(18-42)16-22(3)33(45)31(15-20)51-6/h7-14,16-17,22,30-31,33,35,42,44-46H,15,18-19H2,1-6H3,(H2,39,48)(H,40,47)(H,41,49)/t22-,30-,31-,33+,35-/m0/s1. The van der Waals surface area contributed by atoms with Gasteiger partial charge in [-0.15, -0.1) is 0 Å². The number of hydrogen-bond acceptors (Lipinski definition) is 13. The minimum absolute atomic E-state index is 0.0564. The number of methoxy groups -OCH3 is 2. The zero-order valence-electron chi connectivity index (χ0n) is 30.8. The summed E-state index contributed by atoms with van der Waals surface area (Å²) in [5, 5.41) is 49.2. The van der Waals surface area contributed by atoms with Crippen molar-refractivity contribution in [2.24, 2.45) is 11.7 Å². The Labute approximate surface area is 312 Å². The lowest BCUT2D eigenvalue weighted by molar-refractivity contribution is -0.131. The van der Waals surface area contributed by atoms with E-state index >= 15 is 0 Å². The van der Waals surface area contributed by atoms with Crippen molar-refractivity contribution in [2.45, 2.75) is 65.1 Å². The molecule has 1 heterocycles. The molecule has 0 radical (unpaired) electrons. The van der Waals surface area contributed by atoms with Gasteiger partial charge in [0.05, 0.1) is 30.2 Å². The van der Waals surface area contributed by atoms with E-state index < -0.39 is 72.5 Å². The zero-order chi connectivity index (χ0) is 40.1. The first-order chi connectivity index (χ1) is 25.6. The van der Waals surface area contributed by atoms with Crippen molar-refractivity contribution in [1.29, 1.82) is 0 Å². The highest BCUT2D eigenvalue weighted by atomic mass is 16.6. The fraction of sp³-hybridized carbons (Fsp3) is 0.368. The Balaban J connectivity index is 2.07. The number of carbonyl (C=O) groups excluding carboxylic acids is 4. The van der Waals surface area contributed by atoms with E-state index in [0.29, 0.717) is 16.9 Å². The van der Waals surface area contributed by atoms with Crippen molar-refractivity contribution in [3.63, 3.8) is 0 Å². The molecule has 16 nitrogen and oxygen atoms in total. The van der Waals surface area contributed by atoms with Gasteiger partial charge in [0, 0.05) is 44.3 Å². The molecule has 2 aromatic rings. The van der Waals surface area contributed by atoms with Crippen LogP contribution in [0.5, 0.6) is 17.2 Å². The molecular weight excluding hydrogens is 706 g/mol. The Hall–Kier alpha value is -5.68. The summed E-state index contributed by atoms with van der Waals surface area (Å²) in [6.07, 6.45) is 0.945. The predicted octanol–water partition coefficient (Wildman–Crippen LogP) is 4.43. The normalized spacial score (nSPS) is 21.1. The van der Waals surface area contributed by atoms with Crippen molar-refractivity contribution >= 4 is 41.5 Å². The fourth-order valence-electron chi connectivity index (χ4n) is 5.52. The topological polar surface area (TPSA) is 245 Å². The van der Waals surface area contributed by atoms with E-state index in [1.54, 1.807) is 26.0 Å². The Morgan fingerprint density at radius 2 is 1.76 bits per heavy atom. The van der Waals surface area contributed by atoms with E-state index in [-0.39, 0.29) is 41.1 Å². The molecule has 8 N–H and O–H groups in total. The maximum atomic E-state index is 13.2. The number of ether oxygens (including phenoxy) is 5. The van der Waals surface area contributed by atoms with Crippen molar-refractivity contribution in [3.05, 3.63) is 82.5 Å². The number of fused-ring (bicyclic) bond motifs is 2. The number of nitrogens with two attached hydrogens (primary N) is 1. The van der Waals surface area contributed by atoms with Crippen LogP contribution in [0.25, 0.3) is 6.08 Å². The summed E-state index contributed by atoms with van der Waals surface area (Å²) in [4.78, 5) is 49.2. The second-order valence-corrected chi connectivity index (χ2v) is 12.5. The minimum Gasteiger partial charge on any atom is -0.506 e. The van der Waals surface area contributed by atoms with Gasteiger partial charge in [-0.05, 0) is 49.6 Å². The molecule has 1 aliphatic heterocycles. The van der Waals surface area contributed by atoms with Crippen LogP contribution in [0.3, 0.4) is 0 Å². The molecule has 1 aliphatic rings. The van der Waals surface area contributed by atoms with Gasteiger partial charge < -0.3 is 55.2 Å². The van der Waals surface area contributed by atoms with Gasteiger partial charge in [0.15, 0.2) is 6.10 Å². The highest BCUT2D eigenvalue weighted by molar-refractivity contribution is 6.06. The lowest BCUT2D eigenvalue weighted by atomic mass is 9.91. The Morgan fingerprint density at radius 1 is 1.07 bits per heavy atom. The molecule has 0 fully saturated rings. The number of phenolic OH excluding ortho intramolecular Hbond substituents is 2. The number of primary amides is 1. The largest absolute Gasteiger partial charge is 0.506 e. The van der Waals surface area contributed by atoms with E-state index in [1.165, 1.54) is 70.6 Å². The highest BCUT2D eigenvalue weighted by Gasteiger charge is 2.30. The minimum atomic E-state index is -1.21. The molecule has 54 heavy (non-hydrogen) atoms. The Kier molecular flexibility index (Phi) is 15.8. The summed E-state index contributed by atoms with van der Waals surface area (Å²) in [7, 11) is 2.72. The molecule has 2 bridgehead atoms.